The molecule has 1 saturated heterocycles. The quantitative estimate of drug-likeness (QED) is 0.604. The van der Waals surface area contributed by atoms with Gasteiger partial charge in [-0.15, -0.1) is 0 Å². The van der Waals surface area contributed by atoms with Crippen molar-refractivity contribution in [2.75, 3.05) is 13.1 Å². The third-order valence-electron chi connectivity index (χ3n) is 5.39. The molecule has 0 aliphatic carbocycles. The van der Waals surface area contributed by atoms with Crippen LogP contribution in [-0.2, 0) is 0 Å². The Bertz CT molecular complexity index is 1010. The first-order chi connectivity index (χ1) is 14.3. The maximum absolute atomic E-state index is 14.0. The second kappa shape index (κ2) is 8.38. The molecule has 0 spiro atoms. The van der Waals surface area contributed by atoms with Crippen LogP contribution in [0.25, 0.3) is 11.3 Å². The van der Waals surface area contributed by atoms with Crippen LogP contribution >= 0.6 is 11.6 Å². The van der Waals surface area contributed by atoms with Gasteiger partial charge in [-0.3, -0.25) is 14.9 Å². The lowest BCUT2D eigenvalue weighted by molar-refractivity contribution is -0.00694. The maximum atomic E-state index is 14.0. The standard InChI is InChI=1S/C23H22ClF2N3O/c1-15-10-17(12-18(24)11-15)20-19(5-3-8-28-20)22(30)21(16-4-2-7-27-13-16)29-9-6-23(25,26)14-29/h2-5,7-8,10-13,21-22,30H,6,9,14H2,1H3/t21-,22+/m0/s1. The van der Waals surface area contributed by atoms with Crippen molar-refractivity contribution in [2.24, 2.45) is 0 Å². The minimum absolute atomic E-state index is 0.190. The third kappa shape index (κ3) is 4.36. The highest BCUT2D eigenvalue weighted by molar-refractivity contribution is 6.30. The first-order valence-electron chi connectivity index (χ1n) is 9.76. The van der Waals surface area contributed by atoms with E-state index in [9.17, 15) is 13.9 Å². The van der Waals surface area contributed by atoms with Crippen LogP contribution in [0, 0.1) is 6.92 Å². The Morgan fingerprint density at radius 3 is 2.63 bits per heavy atom. The van der Waals surface area contributed by atoms with Gasteiger partial charge in [0.1, 0.15) is 6.10 Å². The Morgan fingerprint density at radius 1 is 1.17 bits per heavy atom. The number of alkyl halides is 2. The van der Waals surface area contributed by atoms with E-state index in [2.05, 4.69) is 9.97 Å². The number of halogens is 3. The number of benzene rings is 1. The van der Waals surface area contributed by atoms with Gasteiger partial charge in [-0.1, -0.05) is 23.7 Å². The number of rotatable bonds is 5. The molecule has 2 aromatic heterocycles. The Balaban J connectivity index is 1.78. The molecular formula is C23H22ClF2N3O. The molecule has 1 fully saturated rings. The van der Waals surface area contributed by atoms with E-state index in [1.54, 1.807) is 53.8 Å². The highest BCUT2D eigenvalue weighted by Crippen LogP contribution is 2.42. The summed E-state index contributed by atoms with van der Waals surface area (Å²) >= 11 is 6.24. The lowest BCUT2D eigenvalue weighted by Gasteiger charge is -2.32. The Labute approximate surface area is 179 Å². The van der Waals surface area contributed by atoms with Gasteiger partial charge >= 0.3 is 0 Å². The first-order valence-corrected chi connectivity index (χ1v) is 10.1. The fourth-order valence-electron chi connectivity index (χ4n) is 4.08. The number of aliphatic hydroxyl groups excluding tert-OH is 1. The summed E-state index contributed by atoms with van der Waals surface area (Å²) in [6.07, 6.45) is 3.57. The smallest absolute Gasteiger partial charge is 0.261 e. The summed E-state index contributed by atoms with van der Waals surface area (Å²) in [7, 11) is 0. The molecule has 30 heavy (non-hydrogen) atoms. The molecular weight excluding hydrogens is 408 g/mol. The van der Waals surface area contributed by atoms with Crippen LogP contribution in [0.3, 0.4) is 0 Å². The van der Waals surface area contributed by atoms with E-state index in [0.29, 0.717) is 21.8 Å². The summed E-state index contributed by atoms with van der Waals surface area (Å²) in [5.41, 5.74) is 3.55. The Hall–Kier alpha value is -2.41. The Morgan fingerprint density at radius 2 is 1.97 bits per heavy atom. The minimum atomic E-state index is -2.78. The monoisotopic (exact) mass is 429 g/mol. The van der Waals surface area contributed by atoms with Crippen molar-refractivity contribution in [2.45, 2.75) is 31.4 Å². The van der Waals surface area contributed by atoms with Crippen LogP contribution in [-0.4, -0.2) is 39.0 Å². The fourth-order valence-corrected chi connectivity index (χ4v) is 4.37. The normalized spacial score (nSPS) is 18.3. The number of nitrogens with zero attached hydrogens (tertiary/aromatic N) is 3. The van der Waals surface area contributed by atoms with Crippen molar-refractivity contribution < 1.29 is 13.9 Å². The highest BCUT2D eigenvalue weighted by Gasteiger charge is 2.43. The zero-order valence-electron chi connectivity index (χ0n) is 16.5. The average Bonchev–Trinajstić information content (AvgIpc) is 3.07. The van der Waals surface area contributed by atoms with E-state index in [0.717, 1.165) is 11.1 Å². The van der Waals surface area contributed by atoms with Crippen molar-refractivity contribution in [3.05, 3.63) is 82.8 Å². The Kier molecular flexibility index (Phi) is 5.82. The van der Waals surface area contributed by atoms with E-state index in [1.165, 1.54) is 0 Å². The lowest BCUT2D eigenvalue weighted by Crippen LogP contribution is -2.33. The van der Waals surface area contributed by atoms with Crippen molar-refractivity contribution >= 4 is 11.6 Å². The third-order valence-corrected chi connectivity index (χ3v) is 5.61. The molecule has 156 valence electrons. The van der Waals surface area contributed by atoms with E-state index in [1.807, 2.05) is 19.1 Å². The van der Waals surface area contributed by atoms with Crippen LogP contribution < -0.4 is 0 Å². The van der Waals surface area contributed by atoms with Crippen LogP contribution in [0.4, 0.5) is 8.78 Å². The van der Waals surface area contributed by atoms with Gasteiger partial charge in [0.15, 0.2) is 0 Å². The number of aromatic nitrogens is 2. The molecule has 3 heterocycles. The van der Waals surface area contributed by atoms with Crippen molar-refractivity contribution in [3.8, 4) is 11.3 Å². The second-order valence-corrected chi connectivity index (χ2v) is 8.15. The number of hydrogen-bond acceptors (Lipinski definition) is 4. The van der Waals surface area contributed by atoms with Gasteiger partial charge in [0, 0.05) is 47.7 Å². The predicted molar refractivity (Wildman–Crippen MR) is 112 cm³/mol. The molecule has 1 aliphatic rings. The van der Waals surface area contributed by atoms with Gasteiger partial charge in [0.05, 0.1) is 18.3 Å². The van der Waals surface area contributed by atoms with Gasteiger partial charge in [-0.2, -0.15) is 0 Å². The van der Waals surface area contributed by atoms with E-state index >= 15 is 0 Å². The SMILES string of the molecule is Cc1cc(Cl)cc(-c2ncccc2[C@@H](O)[C@H](c2cccnc2)N2CCC(F)(F)C2)c1. The number of hydrogen-bond donors (Lipinski definition) is 1. The molecule has 4 rings (SSSR count). The van der Waals surface area contributed by atoms with Crippen LogP contribution in [0.15, 0.2) is 61.1 Å². The maximum Gasteiger partial charge on any atom is 0.261 e. The van der Waals surface area contributed by atoms with Crippen LogP contribution in [0.1, 0.15) is 35.3 Å². The highest BCUT2D eigenvalue weighted by atomic mass is 35.5. The fraction of sp³-hybridized carbons (Fsp3) is 0.304. The summed E-state index contributed by atoms with van der Waals surface area (Å²) < 4.78 is 28.0. The molecule has 0 bridgehead atoms. The molecule has 2 atom stereocenters. The molecule has 0 unspecified atom stereocenters. The molecule has 7 heteroatoms. The molecule has 4 nitrogen and oxygen atoms in total. The van der Waals surface area contributed by atoms with Gasteiger partial charge in [-0.05, 0) is 48.4 Å². The van der Waals surface area contributed by atoms with E-state index in [4.69, 9.17) is 11.6 Å². The van der Waals surface area contributed by atoms with E-state index in [-0.39, 0.29) is 13.0 Å². The van der Waals surface area contributed by atoms with E-state index < -0.39 is 24.6 Å². The summed E-state index contributed by atoms with van der Waals surface area (Å²) in [6, 6.07) is 12.0. The van der Waals surface area contributed by atoms with Crippen LogP contribution in [0.2, 0.25) is 5.02 Å². The largest absolute Gasteiger partial charge is 0.386 e. The summed E-state index contributed by atoms with van der Waals surface area (Å²) in [4.78, 5) is 10.2. The van der Waals surface area contributed by atoms with Crippen molar-refractivity contribution in [1.82, 2.24) is 14.9 Å². The zero-order chi connectivity index (χ0) is 21.3. The average molecular weight is 430 g/mol. The number of aliphatic hydroxyl groups is 1. The molecule has 0 radical (unpaired) electrons. The molecule has 1 aliphatic heterocycles. The number of likely N-dealkylation sites (tertiary alicyclic amines) is 1. The first kappa shape index (κ1) is 20.8. The van der Waals surface area contributed by atoms with Gasteiger partial charge < -0.3 is 5.11 Å². The summed E-state index contributed by atoms with van der Waals surface area (Å²) in [5.74, 6) is -2.78. The summed E-state index contributed by atoms with van der Waals surface area (Å²) in [6.45, 7) is 1.71. The van der Waals surface area contributed by atoms with Gasteiger partial charge in [0.2, 0.25) is 0 Å². The predicted octanol–water partition coefficient (Wildman–Crippen LogP) is 5.22. The van der Waals surface area contributed by atoms with Gasteiger partial charge in [-0.25, -0.2) is 8.78 Å². The van der Waals surface area contributed by atoms with Gasteiger partial charge in [0.25, 0.3) is 5.92 Å². The molecule has 3 aromatic rings. The number of aryl methyl sites for hydroxylation is 1. The zero-order valence-corrected chi connectivity index (χ0v) is 17.2. The van der Waals surface area contributed by atoms with Crippen LogP contribution in [0.5, 0.6) is 0 Å². The van der Waals surface area contributed by atoms with Crippen molar-refractivity contribution in [1.29, 1.82) is 0 Å². The topological polar surface area (TPSA) is 49.3 Å². The molecule has 1 N–H and O–H groups in total. The minimum Gasteiger partial charge on any atom is -0.386 e. The molecule has 1 aromatic carbocycles. The summed E-state index contributed by atoms with van der Waals surface area (Å²) in [5, 5.41) is 12.0. The second-order valence-electron chi connectivity index (χ2n) is 7.71. The molecule has 0 saturated carbocycles. The van der Waals surface area contributed by atoms with Crippen molar-refractivity contribution in [3.63, 3.8) is 0 Å². The molecule has 0 amide bonds. The lowest BCUT2D eigenvalue weighted by atomic mass is 9.92. The number of pyridine rings is 2.